The SMILES string of the molecule is CCCCc1cc(CC(=O)N2CCCCNc3ccc(-c4cccc(C(F)(F)F)c4)nc32)cc(C2=CC=CC2)c1. The average molecular weight is 546 g/mol. The summed E-state index contributed by atoms with van der Waals surface area (Å²) in [7, 11) is 0. The van der Waals surface area contributed by atoms with Gasteiger partial charge in [0.2, 0.25) is 5.91 Å². The molecule has 0 saturated heterocycles. The number of alkyl halides is 3. The summed E-state index contributed by atoms with van der Waals surface area (Å²) in [6, 6.07) is 15.2. The number of unbranched alkanes of at least 4 members (excludes halogenated alkanes) is 1. The number of pyridine rings is 1. The zero-order valence-corrected chi connectivity index (χ0v) is 22.7. The number of nitrogens with one attached hydrogen (secondary N) is 1. The van der Waals surface area contributed by atoms with Gasteiger partial charge in [0, 0.05) is 18.7 Å². The van der Waals surface area contributed by atoms with Crippen molar-refractivity contribution in [2.75, 3.05) is 23.3 Å². The maximum atomic E-state index is 13.9. The van der Waals surface area contributed by atoms with Gasteiger partial charge < -0.3 is 5.32 Å². The van der Waals surface area contributed by atoms with Gasteiger partial charge in [0.15, 0.2) is 5.82 Å². The molecule has 1 aliphatic carbocycles. The summed E-state index contributed by atoms with van der Waals surface area (Å²) in [6.07, 6.45) is 7.84. The molecule has 7 heteroatoms. The molecule has 0 unspecified atom stereocenters. The van der Waals surface area contributed by atoms with Crippen LogP contribution in [0.5, 0.6) is 0 Å². The summed E-state index contributed by atoms with van der Waals surface area (Å²) < 4.78 is 40.1. The van der Waals surface area contributed by atoms with Gasteiger partial charge in [-0.3, -0.25) is 9.69 Å². The molecule has 0 atom stereocenters. The van der Waals surface area contributed by atoms with Gasteiger partial charge in [0.05, 0.1) is 23.4 Å². The van der Waals surface area contributed by atoms with E-state index in [-0.39, 0.29) is 12.3 Å². The number of aryl methyl sites for hydroxylation is 1. The number of aromatic nitrogens is 1. The Kier molecular flexibility index (Phi) is 8.38. The Hall–Kier alpha value is -3.87. The summed E-state index contributed by atoms with van der Waals surface area (Å²) in [5, 5.41) is 3.36. The second kappa shape index (κ2) is 12.1. The van der Waals surface area contributed by atoms with E-state index in [9.17, 15) is 18.0 Å². The highest BCUT2D eigenvalue weighted by atomic mass is 19.4. The molecule has 40 heavy (non-hydrogen) atoms. The summed E-state index contributed by atoms with van der Waals surface area (Å²) in [4.78, 5) is 20.3. The molecule has 0 fully saturated rings. The van der Waals surface area contributed by atoms with Gasteiger partial charge in [-0.2, -0.15) is 13.2 Å². The summed E-state index contributed by atoms with van der Waals surface area (Å²) in [5.74, 6) is 0.389. The molecule has 1 amide bonds. The van der Waals surface area contributed by atoms with Crippen molar-refractivity contribution in [3.05, 3.63) is 95.1 Å². The number of halogens is 3. The standard InChI is InChI=1S/C33H34F3N3O/c1-2-3-9-23-18-24(20-27(19-23)25-10-4-5-11-25)21-31(40)39-17-7-6-16-37-30-15-14-29(38-32(30)39)26-12-8-13-28(22-26)33(34,35)36/h4-5,8,10,12-15,18-20,22,37H,2-3,6-7,9,11,16-17,21H2,1H3. The number of rotatable bonds is 7. The van der Waals surface area contributed by atoms with E-state index in [2.05, 4.69) is 48.7 Å². The van der Waals surface area contributed by atoms with Crippen LogP contribution in [0.15, 0.2) is 72.8 Å². The number of anilines is 2. The molecule has 0 spiro atoms. The molecule has 1 aromatic heterocycles. The quantitative estimate of drug-likeness (QED) is 0.325. The van der Waals surface area contributed by atoms with E-state index in [1.54, 1.807) is 17.0 Å². The number of fused-ring (bicyclic) bond motifs is 1. The van der Waals surface area contributed by atoms with Crippen LogP contribution in [0.3, 0.4) is 0 Å². The number of benzene rings is 2. The lowest BCUT2D eigenvalue weighted by atomic mass is 9.95. The third-order valence-electron chi connectivity index (χ3n) is 7.41. The lowest BCUT2D eigenvalue weighted by Crippen LogP contribution is -2.36. The molecule has 1 aliphatic heterocycles. The molecule has 2 heterocycles. The first-order valence-corrected chi connectivity index (χ1v) is 14.0. The van der Waals surface area contributed by atoms with Crippen LogP contribution in [0.4, 0.5) is 24.7 Å². The minimum atomic E-state index is -4.45. The van der Waals surface area contributed by atoms with Gasteiger partial charge in [0.25, 0.3) is 0 Å². The minimum absolute atomic E-state index is 0.0734. The molecule has 0 radical (unpaired) electrons. The van der Waals surface area contributed by atoms with Crippen molar-refractivity contribution in [3.8, 4) is 11.3 Å². The maximum absolute atomic E-state index is 13.9. The van der Waals surface area contributed by atoms with Crippen LogP contribution >= 0.6 is 0 Å². The Labute approximate surface area is 233 Å². The molecule has 0 saturated carbocycles. The summed E-state index contributed by atoms with van der Waals surface area (Å²) in [5.41, 5.74) is 5.34. The van der Waals surface area contributed by atoms with E-state index >= 15 is 0 Å². The van der Waals surface area contributed by atoms with E-state index in [0.717, 1.165) is 68.3 Å². The zero-order valence-electron chi connectivity index (χ0n) is 22.7. The van der Waals surface area contributed by atoms with Crippen LogP contribution in [0.1, 0.15) is 61.3 Å². The normalized spacial score (nSPS) is 15.2. The molecule has 0 bridgehead atoms. The number of nitrogens with zero attached hydrogens (tertiary/aromatic N) is 2. The third kappa shape index (κ3) is 6.46. The lowest BCUT2D eigenvalue weighted by molar-refractivity contribution is -0.137. The topological polar surface area (TPSA) is 45.2 Å². The fourth-order valence-electron chi connectivity index (χ4n) is 5.28. The van der Waals surface area contributed by atoms with Gasteiger partial charge in [-0.1, -0.05) is 61.9 Å². The summed E-state index contributed by atoms with van der Waals surface area (Å²) in [6.45, 7) is 3.42. The van der Waals surface area contributed by atoms with Gasteiger partial charge in [-0.05, 0) is 78.6 Å². The molecule has 1 N–H and O–H groups in total. The Morgan fingerprint density at radius 3 is 2.65 bits per heavy atom. The van der Waals surface area contributed by atoms with Crippen LogP contribution in [-0.4, -0.2) is 24.0 Å². The zero-order chi connectivity index (χ0) is 28.1. The second-order valence-electron chi connectivity index (χ2n) is 10.5. The smallest absolute Gasteiger partial charge is 0.382 e. The number of amides is 1. The number of allylic oxidation sites excluding steroid dienone is 4. The first-order valence-electron chi connectivity index (χ1n) is 14.0. The minimum Gasteiger partial charge on any atom is -0.382 e. The Morgan fingerprint density at radius 1 is 1.02 bits per heavy atom. The fraction of sp³-hybridized carbons (Fsp3) is 0.333. The van der Waals surface area contributed by atoms with E-state index in [0.29, 0.717) is 29.3 Å². The molecule has 208 valence electrons. The maximum Gasteiger partial charge on any atom is 0.416 e. The number of hydrogen-bond acceptors (Lipinski definition) is 3. The predicted molar refractivity (Wildman–Crippen MR) is 155 cm³/mol. The predicted octanol–water partition coefficient (Wildman–Crippen LogP) is 8.23. The highest BCUT2D eigenvalue weighted by molar-refractivity contribution is 5.97. The molecule has 2 aromatic carbocycles. The first kappa shape index (κ1) is 27.7. The number of hydrogen-bond donors (Lipinski definition) is 1. The molecular formula is C33H34F3N3O. The van der Waals surface area contributed by atoms with E-state index in [1.165, 1.54) is 17.2 Å². The lowest BCUT2D eigenvalue weighted by Gasteiger charge is -2.27. The van der Waals surface area contributed by atoms with E-state index in [4.69, 9.17) is 4.98 Å². The van der Waals surface area contributed by atoms with Crippen molar-refractivity contribution < 1.29 is 18.0 Å². The van der Waals surface area contributed by atoms with Crippen LogP contribution in [-0.2, 0) is 23.8 Å². The second-order valence-corrected chi connectivity index (χ2v) is 10.5. The van der Waals surface area contributed by atoms with Crippen molar-refractivity contribution >= 4 is 23.0 Å². The van der Waals surface area contributed by atoms with Crippen LogP contribution < -0.4 is 10.2 Å². The van der Waals surface area contributed by atoms with Crippen molar-refractivity contribution in [2.24, 2.45) is 0 Å². The van der Waals surface area contributed by atoms with Crippen LogP contribution in [0, 0.1) is 0 Å². The van der Waals surface area contributed by atoms with Crippen molar-refractivity contribution in [2.45, 2.75) is 58.0 Å². The van der Waals surface area contributed by atoms with E-state index < -0.39 is 11.7 Å². The summed E-state index contributed by atoms with van der Waals surface area (Å²) >= 11 is 0. The largest absolute Gasteiger partial charge is 0.416 e. The van der Waals surface area contributed by atoms with Gasteiger partial charge >= 0.3 is 6.18 Å². The molecule has 5 rings (SSSR count). The Bertz CT molecular complexity index is 1440. The van der Waals surface area contributed by atoms with Crippen LogP contribution in [0.25, 0.3) is 16.8 Å². The molecule has 3 aromatic rings. The van der Waals surface area contributed by atoms with Gasteiger partial charge in [-0.25, -0.2) is 4.98 Å². The van der Waals surface area contributed by atoms with E-state index in [1.807, 2.05) is 6.07 Å². The molecule has 4 nitrogen and oxygen atoms in total. The van der Waals surface area contributed by atoms with Crippen molar-refractivity contribution in [3.63, 3.8) is 0 Å². The Balaban J connectivity index is 1.47. The fourth-order valence-corrected chi connectivity index (χ4v) is 5.28. The monoisotopic (exact) mass is 545 g/mol. The molecular weight excluding hydrogens is 511 g/mol. The van der Waals surface area contributed by atoms with Crippen LogP contribution in [0.2, 0.25) is 0 Å². The number of carbonyl (C=O) groups is 1. The Morgan fingerprint density at radius 2 is 1.88 bits per heavy atom. The highest BCUT2D eigenvalue weighted by Crippen LogP contribution is 2.34. The van der Waals surface area contributed by atoms with Gasteiger partial charge in [-0.15, -0.1) is 0 Å². The number of carbonyl (C=O) groups excluding carboxylic acids is 1. The van der Waals surface area contributed by atoms with Crippen molar-refractivity contribution in [1.82, 2.24) is 4.98 Å². The first-order chi connectivity index (χ1) is 19.3. The van der Waals surface area contributed by atoms with Gasteiger partial charge in [0.1, 0.15) is 0 Å². The highest BCUT2D eigenvalue weighted by Gasteiger charge is 2.31. The van der Waals surface area contributed by atoms with Crippen molar-refractivity contribution in [1.29, 1.82) is 0 Å². The average Bonchev–Trinajstić information content (AvgIpc) is 3.47. The molecule has 2 aliphatic rings. The third-order valence-corrected chi connectivity index (χ3v) is 7.41.